The fraction of sp³-hybridized carbons (Fsp3) is 1.00. The van der Waals surface area contributed by atoms with Crippen LogP contribution < -0.4 is 0 Å². The first-order valence-corrected chi connectivity index (χ1v) is 6.93. The smallest absolute Gasteiger partial charge is 0.211 e. The topological polar surface area (TPSA) is 0 Å². The molecular formula is C7H12F4Si2. The second-order valence-electron chi connectivity index (χ2n) is 2.54. The highest BCUT2D eigenvalue weighted by Crippen LogP contribution is 2.06. The Bertz CT molecular complexity index is 98.7. The average Bonchev–Trinajstić information content (AvgIpc) is 2.01. The number of hydrogen-bond donors (Lipinski definition) is 0. The molecule has 0 nitrogen and oxygen atoms in total. The molecule has 0 saturated heterocycles. The van der Waals surface area contributed by atoms with E-state index in [0.29, 0.717) is 31.1 Å². The first-order chi connectivity index (χ1) is 6.13. The van der Waals surface area contributed by atoms with Crippen molar-refractivity contribution in [1.29, 1.82) is 0 Å². The Hall–Kier alpha value is 0.154. The molecule has 0 amide bonds. The van der Waals surface area contributed by atoms with Crippen molar-refractivity contribution in [2.45, 2.75) is 43.4 Å². The molecule has 0 aliphatic heterocycles. The van der Waals surface area contributed by atoms with E-state index < -0.39 is 12.9 Å². The van der Waals surface area contributed by atoms with Gasteiger partial charge in [0.25, 0.3) is 0 Å². The van der Waals surface area contributed by atoms with Crippen LogP contribution in [0.15, 0.2) is 0 Å². The van der Waals surface area contributed by atoms with Gasteiger partial charge in [0.1, 0.15) is 0 Å². The molecule has 0 saturated carbocycles. The molecule has 0 N–H and O–H groups in total. The summed E-state index contributed by atoms with van der Waals surface area (Å²) in [5, 5.41) is 0. The van der Waals surface area contributed by atoms with Gasteiger partial charge < -0.3 is 0 Å². The van der Waals surface area contributed by atoms with Crippen LogP contribution in [-0.4, -0.2) is 31.9 Å². The van der Waals surface area contributed by atoms with Crippen LogP contribution in [0.2, 0.25) is 17.8 Å². The average molecular weight is 228 g/mol. The maximum absolute atomic E-state index is 11.6. The SMILES string of the molecule is FC(F)CC[Si]C[Si]CCC(F)F. The Morgan fingerprint density at radius 3 is 1.46 bits per heavy atom. The first-order valence-electron chi connectivity index (χ1n) is 4.10. The summed E-state index contributed by atoms with van der Waals surface area (Å²) in [7, 11) is 1.03. The predicted molar refractivity (Wildman–Crippen MR) is 47.2 cm³/mol. The van der Waals surface area contributed by atoms with E-state index in [-0.39, 0.29) is 12.8 Å². The highest BCUT2D eigenvalue weighted by atomic mass is 28.3. The molecule has 0 rings (SSSR count). The summed E-state index contributed by atoms with van der Waals surface area (Å²) in [6, 6.07) is 1.08. The van der Waals surface area contributed by atoms with Gasteiger partial charge in [0.2, 0.25) is 12.9 Å². The summed E-state index contributed by atoms with van der Waals surface area (Å²) in [4.78, 5) is 0. The number of hydrogen-bond acceptors (Lipinski definition) is 0. The van der Waals surface area contributed by atoms with Gasteiger partial charge in [0, 0.05) is 31.9 Å². The molecule has 0 spiro atoms. The third-order valence-electron chi connectivity index (χ3n) is 1.33. The van der Waals surface area contributed by atoms with Crippen molar-refractivity contribution in [3.63, 3.8) is 0 Å². The molecule has 0 aliphatic rings. The second-order valence-corrected chi connectivity index (χ2v) is 5.95. The Morgan fingerprint density at radius 1 is 0.769 bits per heavy atom. The monoisotopic (exact) mass is 228 g/mol. The molecule has 0 heterocycles. The maximum atomic E-state index is 11.6. The van der Waals surface area contributed by atoms with Crippen LogP contribution in [-0.2, 0) is 0 Å². The fourth-order valence-electron chi connectivity index (χ4n) is 0.688. The predicted octanol–water partition coefficient (Wildman–Crippen LogP) is 2.92. The van der Waals surface area contributed by atoms with Crippen molar-refractivity contribution >= 4 is 19.0 Å². The third kappa shape index (κ3) is 12.2. The maximum Gasteiger partial charge on any atom is 0.238 e. The zero-order chi connectivity index (χ0) is 10.1. The summed E-state index contributed by atoms with van der Waals surface area (Å²) in [6.07, 6.45) is -4.51. The normalized spacial score (nSPS) is 11.5. The molecule has 0 aromatic carbocycles. The summed E-state index contributed by atoms with van der Waals surface area (Å²) in [6.45, 7) is 0. The van der Waals surface area contributed by atoms with Crippen LogP contribution >= 0.6 is 0 Å². The lowest BCUT2D eigenvalue weighted by atomic mass is 10.5. The van der Waals surface area contributed by atoms with Gasteiger partial charge in [-0.3, -0.25) is 0 Å². The van der Waals surface area contributed by atoms with Gasteiger partial charge in [-0.05, 0) is 0 Å². The summed E-state index contributed by atoms with van der Waals surface area (Å²) in [5.41, 5.74) is 0.847. The number of halogens is 4. The van der Waals surface area contributed by atoms with Crippen molar-refractivity contribution in [3.8, 4) is 0 Å². The molecule has 0 fully saturated rings. The van der Waals surface area contributed by atoms with Crippen molar-refractivity contribution in [3.05, 3.63) is 0 Å². The van der Waals surface area contributed by atoms with E-state index in [2.05, 4.69) is 0 Å². The summed E-state index contributed by atoms with van der Waals surface area (Å²) >= 11 is 0. The van der Waals surface area contributed by atoms with E-state index in [1.165, 1.54) is 0 Å². The van der Waals surface area contributed by atoms with Crippen molar-refractivity contribution in [2.75, 3.05) is 0 Å². The highest BCUT2D eigenvalue weighted by Gasteiger charge is 2.03. The molecule has 0 aromatic rings. The Labute approximate surface area is 80.7 Å². The van der Waals surface area contributed by atoms with Gasteiger partial charge in [0.05, 0.1) is 0 Å². The zero-order valence-corrected chi connectivity index (χ0v) is 9.20. The first kappa shape index (κ1) is 13.2. The van der Waals surface area contributed by atoms with E-state index >= 15 is 0 Å². The van der Waals surface area contributed by atoms with Crippen molar-refractivity contribution in [1.82, 2.24) is 0 Å². The molecule has 6 heteroatoms. The Morgan fingerprint density at radius 2 is 1.15 bits per heavy atom. The summed E-state index contributed by atoms with van der Waals surface area (Å²) in [5.74, 6) is 0. The standard InChI is InChI=1S/C7H12F4Si2/c8-6(9)1-3-12-5-13-4-2-7(10)11/h6-7H,1-5H2. The Balaban J connectivity index is 2.92. The zero-order valence-electron chi connectivity index (χ0n) is 7.20. The Kier molecular flexibility index (Phi) is 8.84. The molecule has 4 radical (unpaired) electrons. The van der Waals surface area contributed by atoms with Crippen LogP contribution in [0.1, 0.15) is 12.8 Å². The highest BCUT2D eigenvalue weighted by molar-refractivity contribution is 6.55. The molecule has 0 aliphatic carbocycles. The van der Waals surface area contributed by atoms with Gasteiger partial charge in [-0.25, -0.2) is 17.6 Å². The summed E-state index contributed by atoms with van der Waals surface area (Å²) < 4.78 is 46.5. The van der Waals surface area contributed by atoms with E-state index in [4.69, 9.17) is 0 Å². The van der Waals surface area contributed by atoms with Crippen LogP contribution in [0, 0.1) is 0 Å². The van der Waals surface area contributed by atoms with Crippen LogP contribution in [0.5, 0.6) is 0 Å². The molecule has 0 aromatic heterocycles. The van der Waals surface area contributed by atoms with Gasteiger partial charge in [-0.2, -0.15) is 0 Å². The lowest BCUT2D eigenvalue weighted by molar-refractivity contribution is 0.143. The molecule has 0 unspecified atom stereocenters. The van der Waals surface area contributed by atoms with Gasteiger partial charge in [-0.1, -0.05) is 17.8 Å². The van der Waals surface area contributed by atoms with E-state index in [9.17, 15) is 17.6 Å². The third-order valence-corrected chi connectivity index (χ3v) is 4.61. The largest absolute Gasteiger partial charge is 0.238 e. The number of alkyl halides is 4. The van der Waals surface area contributed by atoms with Gasteiger partial charge in [-0.15, -0.1) is 0 Å². The minimum Gasteiger partial charge on any atom is -0.211 e. The molecule has 0 bridgehead atoms. The van der Waals surface area contributed by atoms with E-state index in [1.54, 1.807) is 0 Å². The molecule has 13 heavy (non-hydrogen) atoms. The fourth-order valence-corrected chi connectivity index (χ4v) is 3.65. The van der Waals surface area contributed by atoms with Crippen LogP contribution in [0.25, 0.3) is 0 Å². The quantitative estimate of drug-likeness (QED) is 0.340. The minimum atomic E-state index is -2.21. The lowest BCUT2D eigenvalue weighted by Crippen LogP contribution is -2.01. The van der Waals surface area contributed by atoms with Crippen molar-refractivity contribution in [2.24, 2.45) is 0 Å². The van der Waals surface area contributed by atoms with Crippen LogP contribution in [0.4, 0.5) is 17.6 Å². The van der Waals surface area contributed by atoms with Gasteiger partial charge >= 0.3 is 0 Å². The van der Waals surface area contributed by atoms with E-state index in [0.717, 1.165) is 5.67 Å². The van der Waals surface area contributed by atoms with Gasteiger partial charge in [0.15, 0.2) is 0 Å². The molecular weight excluding hydrogens is 216 g/mol. The van der Waals surface area contributed by atoms with Crippen molar-refractivity contribution < 1.29 is 17.6 Å². The second kappa shape index (κ2) is 8.74. The minimum absolute atomic E-state index is 0.0439. The lowest BCUT2D eigenvalue weighted by Gasteiger charge is -1.99. The molecule has 76 valence electrons. The van der Waals surface area contributed by atoms with Crippen LogP contribution in [0.3, 0.4) is 0 Å². The molecule has 0 atom stereocenters. The van der Waals surface area contributed by atoms with E-state index in [1.807, 2.05) is 0 Å². The number of rotatable bonds is 8.